The van der Waals surface area contributed by atoms with Crippen molar-refractivity contribution in [3.8, 4) is 0 Å². The summed E-state index contributed by atoms with van der Waals surface area (Å²) in [6, 6.07) is 0. The summed E-state index contributed by atoms with van der Waals surface area (Å²) >= 11 is 0. The van der Waals surface area contributed by atoms with E-state index < -0.39 is 31.1 Å². The SMILES string of the molecule is NCc1cn([C@@H]2O[C@@H](CO)[C@@H](O)[C@H]2O)c2ncnc(N)c12. The van der Waals surface area contributed by atoms with Crippen LogP contribution in [0.15, 0.2) is 12.5 Å². The molecule has 2 aromatic rings. The van der Waals surface area contributed by atoms with E-state index in [1.54, 1.807) is 10.8 Å². The van der Waals surface area contributed by atoms with Crippen LogP contribution in [0.25, 0.3) is 11.0 Å². The highest BCUT2D eigenvalue weighted by atomic mass is 16.6. The van der Waals surface area contributed by atoms with Crippen LogP contribution in [0.2, 0.25) is 0 Å². The average molecular weight is 295 g/mol. The first-order chi connectivity index (χ1) is 10.1. The van der Waals surface area contributed by atoms with Gasteiger partial charge in [-0.3, -0.25) is 0 Å². The topological polar surface area (TPSA) is 153 Å². The fourth-order valence-corrected chi connectivity index (χ4v) is 2.65. The van der Waals surface area contributed by atoms with Crippen LogP contribution in [0, 0.1) is 0 Å². The van der Waals surface area contributed by atoms with E-state index in [2.05, 4.69) is 9.97 Å². The van der Waals surface area contributed by atoms with Gasteiger partial charge in [0.1, 0.15) is 36.1 Å². The number of ether oxygens (including phenoxy) is 1. The monoisotopic (exact) mass is 295 g/mol. The van der Waals surface area contributed by atoms with E-state index in [1.807, 2.05) is 0 Å². The maximum Gasteiger partial charge on any atom is 0.164 e. The lowest BCUT2D eigenvalue weighted by molar-refractivity contribution is -0.0509. The van der Waals surface area contributed by atoms with Crippen molar-refractivity contribution in [2.45, 2.75) is 31.1 Å². The van der Waals surface area contributed by atoms with Gasteiger partial charge in [-0.2, -0.15) is 0 Å². The number of anilines is 1. The van der Waals surface area contributed by atoms with E-state index in [4.69, 9.17) is 21.3 Å². The van der Waals surface area contributed by atoms with Gasteiger partial charge in [0.05, 0.1) is 12.0 Å². The summed E-state index contributed by atoms with van der Waals surface area (Å²) in [7, 11) is 0. The third-order valence-electron chi connectivity index (χ3n) is 3.73. The summed E-state index contributed by atoms with van der Waals surface area (Å²) in [5, 5.41) is 29.7. The van der Waals surface area contributed by atoms with Crippen molar-refractivity contribution in [3.63, 3.8) is 0 Å². The van der Waals surface area contributed by atoms with Gasteiger partial charge in [0.25, 0.3) is 0 Å². The highest BCUT2D eigenvalue weighted by molar-refractivity contribution is 5.89. The zero-order chi connectivity index (χ0) is 15.1. The van der Waals surface area contributed by atoms with Crippen LogP contribution in [0.1, 0.15) is 11.8 Å². The molecule has 21 heavy (non-hydrogen) atoms. The van der Waals surface area contributed by atoms with Crippen LogP contribution in [0.5, 0.6) is 0 Å². The van der Waals surface area contributed by atoms with Gasteiger partial charge in [-0.25, -0.2) is 9.97 Å². The van der Waals surface area contributed by atoms with Gasteiger partial charge in [-0.1, -0.05) is 0 Å². The van der Waals surface area contributed by atoms with Crippen molar-refractivity contribution in [1.82, 2.24) is 14.5 Å². The summed E-state index contributed by atoms with van der Waals surface area (Å²) in [5.74, 6) is 0.283. The molecule has 3 rings (SSSR count). The largest absolute Gasteiger partial charge is 0.394 e. The maximum absolute atomic E-state index is 10.1. The lowest BCUT2D eigenvalue weighted by Gasteiger charge is -2.17. The Morgan fingerprint density at radius 2 is 2.05 bits per heavy atom. The molecule has 0 aliphatic carbocycles. The van der Waals surface area contributed by atoms with E-state index in [0.29, 0.717) is 16.6 Å². The van der Waals surface area contributed by atoms with Crippen LogP contribution in [-0.2, 0) is 11.3 Å². The molecule has 1 aliphatic heterocycles. The number of aliphatic hydroxyl groups excluding tert-OH is 3. The van der Waals surface area contributed by atoms with E-state index in [-0.39, 0.29) is 12.4 Å². The zero-order valence-corrected chi connectivity index (χ0v) is 11.1. The van der Waals surface area contributed by atoms with E-state index in [9.17, 15) is 10.2 Å². The predicted octanol–water partition coefficient (Wildman–Crippen LogP) is -1.92. The molecule has 114 valence electrons. The Hall–Kier alpha value is -1.78. The van der Waals surface area contributed by atoms with Crippen molar-refractivity contribution in [3.05, 3.63) is 18.1 Å². The van der Waals surface area contributed by atoms with Gasteiger partial charge in [0, 0.05) is 12.7 Å². The third-order valence-corrected chi connectivity index (χ3v) is 3.73. The number of aliphatic hydroxyl groups is 3. The summed E-state index contributed by atoms with van der Waals surface area (Å²) in [6.45, 7) is -0.176. The molecule has 1 aliphatic rings. The summed E-state index contributed by atoms with van der Waals surface area (Å²) < 4.78 is 7.05. The molecule has 9 nitrogen and oxygen atoms in total. The molecule has 0 saturated carbocycles. The molecule has 0 bridgehead atoms. The molecule has 9 heteroatoms. The molecule has 2 aromatic heterocycles. The second kappa shape index (κ2) is 5.20. The number of hydrogen-bond acceptors (Lipinski definition) is 8. The van der Waals surface area contributed by atoms with Crippen LogP contribution in [0.4, 0.5) is 5.82 Å². The average Bonchev–Trinajstić information content (AvgIpc) is 2.99. The maximum atomic E-state index is 10.1. The fourth-order valence-electron chi connectivity index (χ4n) is 2.65. The van der Waals surface area contributed by atoms with Crippen molar-refractivity contribution < 1.29 is 20.1 Å². The normalized spacial score (nSPS) is 29.3. The van der Waals surface area contributed by atoms with Crippen LogP contribution in [0.3, 0.4) is 0 Å². The smallest absolute Gasteiger partial charge is 0.164 e. The Bertz CT molecular complexity index is 660. The standard InChI is InChI=1S/C12H17N5O4/c13-1-5-2-17(11-7(5)10(14)15-4-16-11)12-9(20)8(19)6(3-18)21-12/h2,4,6,8-9,12,18-20H,1,3,13H2,(H2,14,15,16)/t6-,8+,9+,12+/m0/s1. The van der Waals surface area contributed by atoms with Gasteiger partial charge < -0.3 is 36.1 Å². The molecule has 0 aromatic carbocycles. The first-order valence-electron chi connectivity index (χ1n) is 6.51. The molecule has 0 unspecified atom stereocenters. The first kappa shape index (κ1) is 14.2. The van der Waals surface area contributed by atoms with Crippen molar-refractivity contribution in [2.75, 3.05) is 12.3 Å². The minimum atomic E-state index is -1.19. The fraction of sp³-hybridized carbons (Fsp3) is 0.500. The highest BCUT2D eigenvalue weighted by Crippen LogP contribution is 2.34. The molecule has 1 saturated heterocycles. The Kier molecular flexibility index (Phi) is 3.51. The number of hydrogen-bond donors (Lipinski definition) is 5. The molecule has 7 N–H and O–H groups in total. The van der Waals surface area contributed by atoms with Gasteiger partial charge in [-0.05, 0) is 5.56 Å². The van der Waals surface area contributed by atoms with Gasteiger partial charge in [0.15, 0.2) is 6.23 Å². The van der Waals surface area contributed by atoms with Crippen molar-refractivity contribution in [2.24, 2.45) is 5.73 Å². The van der Waals surface area contributed by atoms with Gasteiger partial charge in [-0.15, -0.1) is 0 Å². The van der Waals surface area contributed by atoms with Crippen LogP contribution < -0.4 is 11.5 Å². The number of nitrogen functional groups attached to an aromatic ring is 1. The Morgan fingerprint density at radius 3 is 2.67 bits per heavy atom. The third kappa shape index (κ3) is 2.06. The Balaban J connectivity index is 2.11. The lowest BCUT2D eigenvalue weighted by Crippen LogP contribution is -2.33. The van der Waals surface area contributed by atoms with Gasteiger partial charge >= 0.3 is 0 Å². The summed E-state index contributed by atoms with van der Waals surface area (Å²) in [6.07, 6.45) is -1.15. The second-order valence-corrected chi connectivity index (χ2v) is 4.95. The molecular weight excluding hydrogens is 278 g/mol. The number of nitrogens with zero attached hydrogens (tertiary/aromatic N) is 3. The number of nitrogens with two attached hydrogens (primary N) is 2. The minimum Gasteiger partial charge on any atom is -0.394 e. The Labute approximate surface area is 119 Å². The Morgan fingerprint density at radius 1 is 1.29 bits per heavy atom. The lowest BCUT2D eigenvalue weighted by atomic mass is 10.1. The first-order valence-corrected chi connectivity index (χ1v) is 6.51. The van der Waals surface area contributed by atoms with Crippen LogP contribution >= 0.6 is 0 Å². The zero-order valence-electron chi connectivity index (χ0n) is 11.1. The summed E-state index contributed by atoms with van der Waals surface area (Å²) in [5.41, 5.74) is 12.7. The van der Waals surface area contributed by atoms with Gasteiger partial charge in [0.2, 0.25) is 0 Å². The molecule has 0 amide bonds. The van der Waals surface area contributed by atoms with Crippen molar-refractivity contribution >= 4 is 16.9 Å². The molecule has 1 fully saturated rings. The molecule has 0 spiro atoms. The summed E-state index contributed by atoms with van der Waals surface area (Å²) in [4.78, 5) is 8.07. The molecule has 4 atom stereocenters. The molecule has 0 radical (unpaired) electrons. The van der Waals surface area contributed by atoms with E-state index in [0.717, 1.165) is 0 Å². The van der Waals surface area contributed by atoms with E-state index >= 15 is 0 Å². The minimum absolute atomic E-state index is 0.218. The molecule has 3 heterocycles. The quantitative estimate of drug-likeness (QED) is 0.439. The highest BCUT2D eigenvalue weighted by Gasteiger charge is 2.44. The second-order valence-electron chi connectivity index (χ2n) is 4.95. The number of aromatic nitrogens is 3. The van der Waals surface area contributed by atoms with Crippen LogP contribution in [-0.4, -0.2) is 54.8 Å². The molecular formula is C12H17N5O4. The van der Waals surface area contributed by atoms with Crippen molar-refractivity contribution in [1.29, 1.82) is 0 Å². The number of fused-ring (bicyclic) bond motifs is 1. The predicted molar refractivity (Wildman–Crippen MR) is 72.8 cm³/mol. The van der Waals surface area contributed by atoms with E-state index in [1.165, 1.54) is 6.33 Å². The number of rotatable bonds is 3.